The summed E-state index contributed by atoms with van der Waals surface area (Å²) in [6.45, 7) is 2.47. The second-order valence-corrected chi connectivity index (χ2v) is 4.71. The minimum Gasteiger partial charge on any atom is -0.376 e. The van der Waals surface area contributed by atoms with Crippen molar-refractivity contribution in [1.82, 2.24) is 9.88 Å². The van der Waals surface area contributed by atoms with Crippen molar-refractivity contribution >= 4 is 11.8 Å². The third-order valence-corrected chi connectivity index (χ3v) is 3.32. The van der Waals surface area contributed by atoms with Crippen LogP contribution in [0.3, 0.4) is 0 Å². The lowest BCUT2D eigenvalue weighted by molar-refractivity contribution is 0.0696. The van der Waals surface area contributed by atoms with Crippen LogP contribution in [0, 0.1) is 0 Å². The molecule has 1 aromatic rings. The number of primary amides is 1. The third kappa shape index (κ3) is 2.72. The third-order valence-electron chi connectivity index (χ3n) is 3.32. The number of amides is 2. The lowest BCUT2D eigenvalue weighted by Crippen LogP contribution is -2.35. The fourth-order valence-corrected chi connectivity index (χ4v) is 2.09. The summed E-state index contributed by atoms with van der Waals surface area (Å²) >= 11 is 0. The Balaban J connectivity index is 2.19. The Kier molecular flexibility index (Phi) is 3.89. The Morgan fingerprint density at radius 1 is 1.55 bits per heavy atom. The number of rotatable bonds is 5. The lowest BCUT2D eigenvalue weighted by atomic mass is 10.1. The molecule has 1 aromatic heterocycles. The van der Waals surface area contributed by atoms with E-state index in [1.807, 2.05) is 6.92 Å². The van der Waals surface area contributed by atoms with Crippen LogP contribution >= 0.6 is 0 Å². The first kappa shape index (κ1) is 14.3. The van der Waals surface area contributed by atoms with Crippen LogP contribution in [0.5, 0.6) is 0 Å². The molecule has 7 heteroatoms. The van der Waals surface area contributed by atoms with Crippen molar-refractivity contribution in [3.63, 3.8) is 0 Å². The topological polar surface area (TPSA) is 105 Å². The van der Waals surface area contributed by atoms with Gasteiger partial charge in [0.05, 0.1) is 17.7 Å². The van der Waals surface area contributed by atoms with E-state index in [0.29, 0.717) is 6.61 Å². The molecule has 1 aliphatic carbocycles. The minimum atomic E-state index is -0.698. The quantitative estimate of drug-likeness (QED) is 0.773. The Morgan fingerprint density at radius 2 is 2.25 bits per heavy atom. The molecule has 0 bridgehead atoms. The molecular weight excluding hydrogens is 262 g/mol. The maximum atomic E-state index is 12.3. The van der Waals surface area contributed by atoms with Gasteiger partial charge in [0.2, 0.25) is 5.91 Å². The molecule has 0 saturated heterocycles. The predicted molar refractivity (Wildman–Crippen MR) is 71.5 cm³/mol. The molecule has 3 N–H and O–H groups in total. The number of aromatic amines is 1. The van der Waals surface area contributed by atoms with E-state index in [1.165, 1.54) is 17.2 Å². The number of nitrogens with one attached hydrogen (secondary N) is 1. The molecule has 2 amide bonds. The molecule has 1 aliphatic rings. The van der Waals surface area contributed by atoms with Crippen LogP contribution in [0.4, 0.5) is 0 Å². The number of aromatic nitrogens is 1. The Hall–Kier alpha value is -2.15. The number of ether oxygens (including phenoxy) is 1. The lowest BCUT2D eigenvalue weighted by Gasteiger charge is -2.17. The van der Waals surface area contributed by atoms with E-state index >= 15 is 0 Å². The summed E-state index contributed by atoms with van der Waals surface area (Å²) in [5.41, 5.74) is 4.60. The van der Waals surface area contributed by atoms with Gasteiger partial charge in [0.25, 0.3) is 11.5 Å². The highest BCUT2D eigenvalue weighted by molar-refractivity contribution is 5.98. The fourth-order valence-electron chi connectivity index (χ4n) is 2.09. The van der Waals surface area contributed by atoms with Crippen LogP contribution in [0.25, 0.3) is 0 Å². The number of nitrogens with zero attached hydrogens (tertiary/aromatic N) is 1. The summed E-state index contributed by atoms with van der Waals surface area (Å²) in [4.78, 5) is 38.9. The van der Waals surface area contributed by atoms with Crippen molar-refractivity contribution in [3.05, 3.63) is 33.7 Å². The maximum Gasteiger partial charge on any atom is 0.260 e. The van der Waals surface area contributed by atoms with Gasteiger partial charge in [0.15, 0.2) is 0 Å². The molecule has 0 aromatic carbocycles. The molecule has 0 radical (unpaired) electrons. The van der Waals surface area contributed by atoms with Gasteiger partial charge in [-0.1, -0.05) is 0 Å². The van der Waals surface area contributed by atoms with Crippen molar-refractivity contribution in [3.8, 4) is 0 Å². The zero-order valence-corrected chi connectivity index (χ0v) is 11.4. The predicted octanol–water partition coefficient (Wildman–Crippen LogP) is -0.277. The molecule has 0 spiro atoms. The number of likely N-dealkylation sites (N-methyl/N-ethyl adjacent to an activating group) is 1. The van der Waals surface area contributed by atoms with Crippen molar-refractivity contribution in [2.45, 2.75) is 25.5 Å². The van der Waals surface area contributed by atoms with Gasteiger partial charge in [-0.3, -0.25) is 14.4 Å². The van der Waals surface area contributed by atoms with E-state index in [4.69, 9.17) is 10.5 Å². The molecule has 108 valence electrons. The van der Waals surface area contributed by atoms with Crippen molar-refractivity contribution in [2.75, 3.05) is 13.7 Å². The van der Waals surface area contributed by atoms with E-state index < -0.39 is 17.4 Å². The summed E-state index contributed by atoms with van der Waals surface area (Å²) in [5, 5.41) is 0. The van der Waals surface area contributed by atoms with Crippen molar-refractivity contribution < 1.29 is 14.3 Å². The minimum absolute atomic E-state index is 0.0207. The van der Waals surface area contributed by atoms with E-state index in [9.17, 15) is 14.4 Å². The van der Waals surface area contributed by atoms with E-state index in [0.717, 1.165) is 6.42 Å². The number of H-pyrrole nitrogens is 1. The van der Waals surface area contributed by atoms with Crippen LogP contribution in [0.2, 0.25) is 0 Å². The van der Waals surface area contributed by atoms with Gasteiger partial charge in [-0.05, 0) is 19.4 Å². The molecule has 0 aliphatic heterocycles. The van der Waals surface area contributed by atoms with Crippen LogP contribution in [0.15, 0.2) is 17.1 Å². The average molecular weight is 279 g/mol. The largest absolute Gasteiger partial charge is 0.376 e. The molecule has 1 heterocycles. The Bertz CT molecular complexity index is 596. The summed E-state index contributed by atoms with van der Waals surface area (Å²) in [6.07, 6.45) is 1.97. The number of nitrogens with two attached hydrogens (primary N) is 1. The monoisotopic (exact) mass is 279 g/mol. The number of pyridine rings is 1. The second-order valence-electron chi connectivity index (χ2n) is 4.71. The van der Waals surface area contributed by atoms with Gasteiger partial charge >= 0.3 is 0 Å². The highest BCUT2D eigenvalue weighted by atomic mass is 16.5. The van der Waals surface area contributed by atoms with Crippen molar-refractivity contribution in [2.24, 2.45) is 5.73 Å². The van der Waals surface area contributed by atoms with Gasteiger partial charge in [-0.25, -0.2) is 0 Å². The van der Waals surface area contributed by atoms with E-state index in [2.05, 4.69) is 4.98 Å². The molecule has 2 atom stereocenters. The van der Waals surface area contributed by atoms with Crippen molar-refractivity contribution in [1.29, 1.82) is 0 Å². The van der Waals surface area contributed by atoms with Crippen LogP contribution in [0.1, 0.15) is 34.1 Å². The van der Waals surface area contributed by atoms with Gasteiger partial charge in [-0.15, -0.1) is 0 Å². The summed E-state index contributed by atoms with van der Waals surface area (Å²) in [7, 11) is 1.61. The molecule has 2 unspecified atom stereocenters. The highest BCUT2D eigenvalue weighted by Gasteiger charge is 2.43. The molecule has 20 heavy (non-hydrogen) atoms. The maximum absolute atomic E-state index is 12.3. The highest BCUT2D eigenvalue weighted by Crippen LogP contribution is 2.30. The standard InChI is InChI=1S/C13H17N3O4/c1-3-20-10-5-9(10)16(2)13(19)8-4-7(11(14)17)6-15-12(8)18/h4,6,9-10H,3,5H2,1-2H3,(H2,14,17)(H,15,18). The SMILES string of the molecule is CCOC1CC1N(C)C(=O)c1cc(C(N)=O)c[nH]c1=O. The normalized spacial score (nSPS) is 20.5. The van der Waals surface area contributed by atoms with Gasteiger partial charge in [-0.2, -0.15) is 0 Å². The number of hydrogen-bond acceptors (Lipinski definition) is 4. The zero-order valence-electron chi connectivity index (χ0n) is 11.4. The van der Waals surface area contributed by atoms with Crippen LogP contribution in [-0.2, 0) is 4.74 Å². The molecule has 7 nitrogen and oxygen atoms in total. The first-order chi connectivity index (χ1) is 9.45. The van der Waals surface area contributed by atoms with Gasteiger partial charge in [0, 0.05) is 19.9 Å². The number of hydrogen-bond donors (Lipinski definition) is 2. The zero-order chi connectivity index (χ0) is 14.9. The van der Waals surface area contributed by atoms with Gasteiger partial charge in [0.1, 0.15) is 5.56 Å². The van der Waals surface area contributed by atoms with Crippen LogP contribution < -0.4 is 11.3 Å². The number of carbonyl (C=O) groups is 2. The Labute approximate surface area is 115 Å². The second kappa shape index (κ2) is 5.46. The molecule has 2 rings (SSSR count). The van der Waals surface area contributed by atoms with E-state index in [1.54, 1.807) is 7.05 Å². The number of carbonyl (C=O) groups excluding carboxylic acids is 2. The first-order valence-corrected chi connectivity index (χ1v) is 6.37. The average Bonchev–Trinajstić information content (AvgIpc) is 3.17. The molecular formula is C13H17N3O4. The van der Waals surface area contributed by atoms with E-state index in [-0.39, 0.29) is 23.3 Å². The van der Waals surface area contributed by atoms with Gasteiger partial charge < -0.3 is 20.4 Å². The summed E-state index contributed by atoms with van der Waals surface area (Å²) in [6, 6.07) is 1.19. The Morgan fingerprint density at radius 3 is 2.85 bits per heavy atom. The fraction of sp³-hybridized carbons (Fsp3) is 0.462. The smallest absolute Gasteiger partial charge is 0.260 e. The molecule has 1 saturated carbocycles. The first-order valence-electron chi connectivity index (χ1n) is 6.37. The van der Waals surface area contributed by atoms with Crippen LogP contribution in [-0.4, -0.2) is 47.5 Å². The molecule has 1 fully saturated rings. The summed E-state index contributed by atoms with van der Waals surface area (Å²) in [5.74, 6) is -1.14. The summed E-state index contributed by atoms with van der Waals surface area (Å²) < 4.78 is 5.41.